The minimum absolute atomic E-state index is 0.0341. The maximum Gasteiger partial charge on any atom is 0.323 e. The number of benzene rings is 1. The molecule has 4 unspecified atom stereocenters. The molecule has 40 heavy (non-hydrogen) atoms. The number of H-pyrrole nitrogens is 1. The summed E-state index contributed by atoms with van der Waals surface area (Å²) in [6.07, 6.45) is 2.32. The van der Waals surface area contributed by atoms with E-state index in [0.29, 0.717) is 5.75 Å². The molecule has 5 atom stereocenters. The number of esters is 1. The van der Waals surface area contributed by atoms with Crippen LogP contribution in [0, 0.1) is 12.3 Å². The number of hydrogen-bond donors (Lipinski definition) is 5. The molecule has 0 amide bonds. The quantitative estimate of drug-likeness (QED) is 0.100. The van der Waals surface area contributed by atoms with Crippen LogP contribution in [0.1, 0.15) is 27.0 Å². The molecule has 0 saturated carbocycles. The van der Waals surface area contributed by atoms with Gasteiger partial charge < -0.3 is 34.5 Å². The number of aliphatic hydroxyl groups excluding tert-OH is 2. The Morgan fingerprint density at radius 3 is 2.65 bits per heavy atom. The molecule has 14 nitrogen and oxygen atoms in total. The van der Waals surface area contributed by atoms with Gasteiger partial charge in [0.15, 0.2) is 17.4 Å². The third kappa shape index (κ3) is 8.09. The van der Waals surface area contributed by atoms with Crippen LogP contribution in [0.15, 0.2) is 41.5 Å². The summed E-state index contributed by atoms with van der Waals surface area (Å²) in [5.41, 5.74) is 5.06. The fourth-order valence-electron chi connectivity index (χ4n) is 3.37. The summed E-state index contributed by atoms with van der Waals surface area (Å²) in [6.45, 7) is 0.417. The van der Waals surface area contributed by atoms with E-state index in [4.69, 9.17) is 42.5 Å². The number of nitrogens with zero attached hydrogens (tertiary/aromatic N) is 3. The van der Waals surface area contributed by atoms with Crippen LogP contribution >= 0.6 is 6.64 Å². The number of anilines is 1. The van der Waals surface area contributed by atoms with Crippen LogP contribution in [0.5, 0.6) is 5.75 Å². The molecule has 3 aromatic rings. The van der Waals surface area contributed by atoms with E-state index in [-0.39, 0.29) is 23.2 Å². The molecule has 0 saturated heterocycles. The highest BCUT2D eigenvalue weighted by atomic mass is 32.5. The first kappa shape index (κ1) is 31.2. The van der Waals surface area contributed by atoms with E-state index in [0.717, 1.165) is 0 Å². The molecule has 2 heterocycles. The van der Waals surface area contributed by atoms with E-state index in [9.17, 15) is 19.8 Å². The Bertz CT molecular complexity index is 1440. The molecule has 0 spiro atoms. The average molecular weight is 595 g/mol. The van der Waals surface area contributed by atoms with Crippen molar-refractivity contribution in [3.05, 3.63) is 47.0 Å². The number of nitrogen functional groups attached to an aromatic ring is 1. The van der Waals surface area contributed by atoms with Crippen LogP contribution < -0.4 is 20.9 Å². The van der Waals surface area contributed by atoms with Gasteiger partial charge in [-0.2, -0.15) is 4.98 Å². The van der Waals surface area contributed by atoms with Gasteiger partial charge in [-0.25, -0.2) is 10.1 Å². The van der Waals surface area contributed by atoms with Gasteiger partial charge in [0.2, 0.25) is 5.95 Å². The van der Waals surface area contributed by atoms with Crippen molar-refractivity contribution in [3.8, 4) is 18.1 Å². The van der Waals surface area contributed by atoms with E-state index in [1.165, 1.54) is 10.9 Å². The van der Waals surface area contributed by atoms with Gasteiger partial charge in [-0.3, -0.25) is 19.1 Å². The molecule has 16 heteroatoms. The Morgan fingerprint density at radius 1 is 1.32 bits per heavy atom. The molecule has 3 rings (SSSR count). The van der Waals surface area contributed by atoms with Crippen molar-refractivity contribution in [1.29, 1.82) is 0 Å². The molecule has 216 valence electrons. The van der Waals surface area contributed by atoms with Crippen molar-refractivity contribution < 1.29 is 33.5 Å². The van der Waals surface area contributed by atoms with Gasteiger partial charge in [-0.1, -0.05) is 24.1 Å². The number of ether oxygens (including phenoxy) is 2. The topological polar surface area (TPSA) is 196 Å². The number of aromatic nitrogens is 4. The van der Waals surface area contributed by atoms with Gasteiger partial charge in [0.1, 0.15) is 24.0 Å². The molecule has 0 bridgehead atoms. The second-order valence-corrected chi connectivity index (χ2v) is 11.9. The first-order chi connectivity index (χ1) is 19.0. The Balaban J connectivity index is 1.85. The highest BCUT2D eigenvalue weighted by molar-refractivity contribution is 8.09. The number of imidazole rings is 1. The van der Waals surface area contributed by atoms with E-state index in [2.05, 4.69) is 26.0 Å². The molecule has 0 aliphatic carbocycles. The van der Waals surface area contributed by atoms with Gasteiger partial charge in [-0.15, -0.1) is 6.42 Å². The Labute approximate surface area is 235 Å². The fraction of sp³-hybridized carbons (Fsp3) is 0.417. The maximum absolute atomic E-state index is 12.5. The lowest BCUT2D eigenvalue weighted by Crippen LogP contribution is -2.39. The number of carbonyl (C=O) groups is 1. The number of para-hydroxylation sites is 1. The number of aromatic amines is 1. The van der Waals surface area contributed by atoms with E-state index >= 15 is 0 Å². The molecule has 1 aromatic carbocycles. The Hall–Kier alpha value is -3.35. The van der Waals surface area contributed by atoms with Gasteiger partial charge >= 0.3 is 12.6 Å². The molecule has 0 fully saturated rings. The molecule has 6 N–H and O–H groups in total. The summed E-state index contributed by atoms with van der Waals surface area (Å²) in [5.74, 6) is 1.78. The van der Waals surface area contributed by atoms with Crippen LogP contribution in [0.3, 0.4) is 0 Å². The van der Waals surface area contributed by atoms with Gasteiger partial charge in [0.05, 0.1) is 25.6 Å². The first-order valence-electron chi connectivity index (χ1n) is 12.1. The third-order valence-electron chi connectivity index (χ3n) is 5.21. The van der Waals surface area contributed by atoms with E-state index in [1.807, 2.05) is 0 Å². The second kappa shape index (κ2) is 13.8. The van der Waals surface area contributed by atoms with E-state index in [1.54, 1.807) is 51.1 Å². The average Bonchev–Trinajstić information content (AvgIpc) is 3.32. The van der Waals surface area contributed by atoms with Gasteiger partial charge in [-0.05, 0) is 44.7 Å². The number of terminal acetylenes is 1. The van der Waals surface area contributed by atoms with Crippen molar-refractivity contribution in [2.75, 3.05) is 18.9 Å². The summed E-state index contributed by atoms with van der Waals surface area (Å²) in [7, 11) is 0. The maximum atomic E-state index is 12.5. The lowest BCUT2D eigenvalue weighted by Gasteiger charge is -2.30. The van der Waals surface area contributed by atoms with Crippen LogP contribution in [0.2, 0.25) is 0 Å². The summed E-state index contributed by atoms with van der Waals surface area (Å²) in [4.78, 5) is 35.0. The lowest BCUT2D eigenvalue weighted by atomic mass is 10.2. The number of carbonyl (C=O) groups excluding carboxylic acids is 1. The standard InChI is InChI=1S/C24H31N6O8PS/c1-5-17(32)18(37-19(11-31)30-13-26-20-21(30)27-24(25)28-22(20)33)12-35-39(40,38-16-9-7-6-8-10-16)29-15(4)23(34)36-14(2)3/h1,6-10,13-15,17-19,31-32H,11-12H2,2-4H3,(H,29,40)(H3,25,27,28,33)/t15?,17-,18?,19?,39?/m0/s1. The summed E-state index contributed by atoms with van der Waals surface area (Å²) in [5, 5.41) is 23.5. The second-order valence-electron chi connectivity index (χ2n) is 8.73. The van der Waals surface area contributed by atoms with Crippen molar-refractivity contribution in [3.63, 3.8) is 0 Å². The highest BCUT2D eigenvalue weighted by Gasteiger charge is 2.32. The zero-order valence-electron chi connectivity index (χ0n) is 22.0. The van der Waals surface area contributed by atoms with Crippen molar-refractivity contribution in [2.45, 2.75) is 51.4 Å². The number of nitrogens with one attached hydrogen (secondary N) is 2. The van der Waals surface area contributed by atoms with Gasteiger partial charge in [0, 0.05) is 0 Å². The number of fused-ring (bicyclic) bond motifs is 1. The van der Waals surface area contributed by atoms with E-state index < -0.39 is 55.9 Å². The highest BCUT2D eigenvalue weighted by Crippen LogP contribution is 2.45. The smallest absolute Gasteiger partial charge is 0.323 e. The zero-order valence-corrected chi connectivity index (χ0v) is 23.7. The lowest BCUT2D eigenvalue weighted by molar-refractivity contribution is -0.149. The Kier molecular flexibility index (Phi) is 10.8. The number of rotatable bonds is 14. The zero-order chi connectivity index (χ0) is 29.4. The Morgan fingerprint density at radius 2 is 2.02 bits per heavy atom. The number of hydrogen-bond acceptors (Lipinski definition) is 12. The predicted molar refractivity (Wildman–Crippen MR) is 150 cm³/mol. The summed E-state index contributed by atoms with van der Waals surface area (Å²) in [6, 6.07) is 7.63. The molecular weight excluding hydrogens is 563 g/mol. The molecule has 2 aromatic heterocycles. The summed E-state index contributed by atoms with van der Waals surface area (Å²) < 4.78 is 24.3. The van der Waals surface area contributed by atoms with Crippen molar-refractivity contribution in [2.24, 2.45) is 0 Å². The molecule has 0 aliphatic rings. The minimum Gasteiger partial charge on any atom is -0.462 e. The largest absolute Gasteiger partial charge is 0.462 e. The van der Waals surface area contributed by atoms with Crippen molar-refractivity contribution >= 4 is 41.5 Å². The monoisotopic (exact) mass is 594 g/mol. The van der Waals surface area contributed by atoms with Crippen LogP contribution in [-0.2, 0) is 30.6 Å². The number of aliphatic hydroxyl groups is 2. The van der Waals surface area contributed by atoms with Gasteiger partial charge in [0.25, 0.3) is 5.56 Å². The predicted octanol–water partition coefficient (Wildman–Crippen LogP) is 0.822. The molecule has 0 aliphatic heterocycles. The van der Waals surface area contributed by atoms with Crippen LogP contribution in [-0.4, -0.2) is 73.3 Å². The number of nitrogens with two attached hydrogens (primary N) is 1. The molecule has 0 radical (unpaired) electrons. The van der Waals surface area contributed by atoms with Crippen LogP contribution in [0.25, 0.3) is 11.2 Å². The molecular formula is C24H31N6O8PS. The van der Waals surface area contributed by atoms with Crippen LogP contribution in [0.4, 0.5) is 5.95 Å². The summed E-state index contributed by atoms with van der Waals surface area (Å²) >= 11 is 5.68. The fourth-order valence-corrected chi connectivity index (χ4v) is 5.79. The SMILES string of the molecule is C#C[C@H](O)C(COP(=S)(NC(C)C(=O)OC(C)C)Oc1ccccc1)OC(CO)n1cnc2c(=O)[nH]c(N)nc21. The normalized spacial score (nSPS) is 16.0. The minimum atomic E-state index is -3.50. The third-order valence-corrected chi connectivity index (χ3v) is 7.71. The first-order valence-corrected chi connectivity index (χ1v) is 14.7. The van der Waals surface area contributed by atoms with Crippen molar-refractivity contribution in [1.82, 2.24) is 24.6 Å².